The summed E-state index contributed by atoms with van der Waals surface area (Å²) >= 11 is 9.47. The summed E-state index contributed by atoms with van der Waals surface area (Å²) in [6.45, 7) is 7.18. The lowest BCUT2D eigenvalue weighted by Crippen LogP contribution is -2.43. The minimum atomic E-state index is -0.140. The van der Waals surface area contributed by atoms with Crippen molar-refractivity contribution in [2.24, 2.45) is 0 Å². The predicted molar refractivity (Wildman–Crippen MR) is 105 cm³/mol. The number of hydrogen-bond acceptors (Lipinski definition) is 4. The summed E-state index contributed by atoms with van der Waals surface area (Å²) in [7, 11) is 0. The minimum absolute atomic E-state index is 0.0622. The third-order valence-electron chi connectivity index (χ3n) is 4.61. The lowest BCUT2D eigenvalue weighted by atomic mass is 10.0. The highest BCUT2D eigenvalue weighted by atomic mass is 79.9. The lowest BCUT2D eigenvalue weighted by Gasteiger charge is -2.35. The Morgan fingerprint density at radius 2 is 1.88 bits per heavy atom. The zero-order chi connectivity index (χ0) is 18.7. The maximum absolute atomic E-state index is 12.7. The van der Waals surface area contributed by atoms with Gasteiger partial charge in [-0.05, 0) is 47.5 Å². The number of amides is 1. The molecule has 140 valence electrons. The van der Waals surface area contributed by atoms with E-state index in [1.54, 1.807) is 6.92 Å². The number of halogens is 2. The van der Waals surface area contributed by atoms with Crippen molar-refractivity contribution in [2.75, 3.05) is 32.8 Å². The summed E-state index contributed by atoms with van der Waals surface area (Å²) < 4.78 is 11.7. The van der Waals surface area contributed by atoms with E-state index < -0.39 is 0 Å². The van der Waals surface area contributed by atoms with Crippen LogP contribution in [0.1, 0.15) is 33.5 Å². The molecule has 1 N–H and O–H groups in total. The molecule has 0 bridgehead atoms. The maximum Gasteiger partial charge on any atom is 0.256 e. The van der Waals surface area contributed by atoms with Crippen LogP contribution >= 0.6 is 27.5 Å². The van der Waals surface area contributed by atoms with Gasteiger partial charge in [-0.25, -0.2) is 0 Å². The summed E-state index contributed by atoms with van der Waals surface area (Å²) in [6.07, 6.45) is 0. The Bertz CT molecular complexity index is 770. The van der Waals surface area contributed by atoms with E-state index in [1.807, 2.05) is 31.2 Å². The van der Waals surface area contributed by atoms with Gasteiger partial charge in [-0.2, -0.15) is 0 Å². The molecule has 1 amide bonds. The van der Waals surface area contributed by atoms with Crippen molar-refractivity contribution in [3.8, 4) is 0 Å². The Labute approximate surface area is 166 Å². The molecule has 1 fully saturated rings. The molecule has 7 heteroatoms. The molecule has 0 radical (unpaired) electrons. The topological polar surface area (TPSA) is 54.7 Å². The highest BCUT2D eigenvalue weighted by Crippen LogP contribution is 2.28. The molecule has 1 aromatic heterocycles. The van der Waals surface area contributed by atoms with Crippen LogP contribution in [-0.2, 0) is 4.74 Å². The summed E-state index contributed by atoms with van der Waals surface area (Å²) in [4.78, 5) is 15.0. The van der Waals surface area contributed by atoms with Gasteiger partial charge in [0.15, 0.2) is 0 Å². The van der Waals surface area contributed by atoms with Crippen LogP contribution in [0.4, 0.5) is 0 Å². The number of carbonyl (C=O) groups excluding carboxylic acids is 1. The smallest absolute Gasteiger partial charge is 0.256 e. The van der Waals surface area contributed by atoms with Crippen molar-refractivity contribution in [1.82, 2.24) is 10.2 Å². The molecular formula is C19H22BrClN2O3. The van der Waals surface area contributed by atoms with Crippen molar-refractivity contribution in [1.29, 1.82) is 0 Å². The number of morpholine rings is 1. The molecule has 1 unspecified atom stereocenters. The van der Waals surface area contributed by atoms with Crippen molar-refractivity contribution < 1.29 is 13.9 Å². The van der Waals surface area contributed by atoms with Gasteiger partial charge in [0.2, 0.25) is 0 Å². The van der Waals surface area contributed by atoms with E-state index in [4.69, 9.17) is 20.8 Å². The fourth-order valence-electron chi connectivity index (χ4n) is 3.23. The lowest BCUT2D eigenvalue weighted by molar-refractivity contribution is 0.0162. The number of furan rings is 1. The number of ether oxygens (including phenoxy) is 1. The van der Waals surface area contributed by atoms with Gasteiger partial charge in [0.05, 0.1) is 29.3 Å². The molecule has 0 aliphatic carbocycles. The number of aryl methyl sites for hydroxylation is 2. The first kappa shape index (κ1) is 19.4. The molecule has 0 saturated carbocycles. The zero-order valence-corrected chi connectivity index (χ0v) is 17.2. The SMILES string of the molecule is Cc1oc(C)c(C(=O)NCC(c2ccc(Cl)cc2)N2CCOCC2)c1Br. The number of hydrogen-bond donors (Lipinski definition) is 1. The average Bonchev–Trinajstić information content (AvgIpc) is 2.89. The van der Waals surface area contributed by atoms with E-state index in [9.17, 15) is 4.79 Å². The largest absolute Gasteiger partial charge is 0.465 e. The van der Waals surface area contributed by atoms with E-state index in [0.29, 0.717) is 46.3 Å². The molecular weight excluding hydrogens is 420 g/mol. The Balaban J connectivity index is 1.77. The highest BCUT2D eigenvalue weighted by molar-refractivity contribution is 9.10. The summed E-state index contributed by atoms with van der Waals surface area (Å²) in [6, 6.07) is 7.85. The van der Waals surface area contributed by atoms with E-state index in [2.05, 4.69) is 26.1 Å². The summed E-state index contributed by atoms with van der Waals surface area (Å²) in [5, 5.41) is 3.76. The molecule has 1 saturated heterocycles. The van der Waals surface area contributed by atoms with Gasteiger partial charge in [0.1, 0.15) is 11.5 Å². The third kappa shape index (κ3) is 4.31. The molecule has 1 atom stereocenters. The standard InChI is InChI=1S/C19H22BrClN2O3/c1-12-17(18(20)13(2)26-12)19(24)22-11-16(23-7-9-25-10-8-23)14-3-5-15(21)6-4-14/h3-6,16H,7-11H2,1-2H3,(H,22,24). The van der Waals surface area contributed by atoms with Gasteiger partial charge in [0.25, 0.3) is 5.91 Å². The van der Waals surface area contributed by atoms with Crippen LogP contribution in [0.15, 0.2) is 33.2 Å². The van der Waals surface area contributed by atoms with E-state index in [0.717, 1.165) is 18.7 Å². The molecule has 3 rings (SSSR count). The Morgan fingerprint density at radius 3 is 2.46 bits per heavy atom. The molecule has 2 aromatic rings. The predicted octanol–water partition coefficient (Wildman–Crippen LogP) is 4.12. The first-order chi connectivity index (χ1) is 12.5. The second-order valence-corrected chi connectivity index (χ2v) is 7.56. The summed E-state index contributed by atoms with van der Waals surface area (Å²) in [5.74, 6) is 1.18. The molecule has 1 aliphatic rings. The number of rotatable bonds is 5. The van der Waals surface area contributed by atoms with Crippen LogP contribution in [0.25, 0.3) is 0 Å². The van der Waals surface area contributed by atoms with E-state index in [-0.39, 0.29) is 11.9 Å². The van der Waals surface area contributed by atoms with Gasteiger partial charge in [-0.1, -0.05) is 23.7 Å². The van der Waals surface area contributed by atoms with Gasteiger partial charge in [-0.3, -0.25) is 9.69 Å². The Kier molecular flexibility index (Phi) is 6.40. The minimum Gasteiger partial charge on any atom is -0.465 e. The van der Waals surface area contributed by atoms with Crippen LogP contribution in [0.5, 0.6) is 0 Å². The van der Waals surface area contributed by atoms with Gasteiger partial charge in [-0.15, -0.1) is 0 Å². The fourth-order valence-corrected chi connectivity index (χ4v) is 3.89. The number of carbonyl (C=O) groups is 1. The maximum atomic E-state index is 12.7. The first-order valence-corrected chi connectivity index (χ1v) is 9.75. The number of nitrogens with one attached hydrogen (secondary N) is 1. The van der Waals surface area contributed by atoms with Crippen molar-refractivity contribution >= 4 is 33.4 Å². The number of nitrogens with zero attached hydrogens (tertiary/aromatic N) is 1. The quantitative estimate of drug-likeness (QED) is 0.758. The highest BCUT2D eigenvalue weighted by Gasteiger charge is 2.25. The Hall–Kier alpha value is -1.34. The average molecular weight is 442 g/mol. The van der Waals surface area contributed by atoms with Gasteiger partial charge < -0.3 is 14.5 Å². The van der Waals surface area contributed by atoms with Crippen LogP contribution in [0, 0.1) is 13.8 Å². The van der Waals surface area contributed by atoms with Crippen molar-refractivity contribution in [3.05, 3.63) is 56.4 Å². The first-order valence-electron chi connectivity index (χ1n) is 8.58. The second kappa shape index (κ2) is 8.57. The van der Waals surface area contributed by atoms with Crippen LogP contribution in [-0.4, -0.2) is 43.7 Å². The molecule has 1 aromatic carbocycles. The zero-order valence-electron chi connectivity index (χ0n) is 14.9. The molecule has 26 heavy (non-hydrogen) atoms. The van der Waals surface area contributed by atoms with Crippen LogP contribution < -0.4 is 5.32 Å². The molecule has 2 heterocycles. The normalized spacial score (nSPS) is 16.5. The van der Waals surface area contributed by atoms with Crippen LogP contribution in [0.2, 0.25) is 5.02 Å². The molecule has 1 aliphatic heterocycles. The third-order valence-corrected chi connectivity index (χ3v) is 5.82. The van der Waals surface area contributed by atoms with Crippen LogP contribution in [0.3, 0.4) is 0 Å². The number of benzene rings is 1. The van der Waals surface area contributed by atoms with Crippen molar-refractivity contribution in [3.63, 3.8) is 0 Å². The second-order valence-electron chi connectivity index (χ2n) is 6.33. The van der Waals surface area contributed by atoms with Gasteiger partial charge in [0, 0.05) is 24.7 Å². The summed E-state index contributed by atoms with van der Waals surface area (Å²) in [5.41, 5.74) is 1.68. The fraction of sp³-hybridized carbons (Fsp3) is 0.421. The monoisotopic (exact) mass is 440 g/mol. The van der Waals surface area contributed by atoms with E-state index in [1.165, 1.54) is 0 Å². The molecule has 0 spiro atoms. The van der Waals surface area contributed by atoms with Gasteiger partial charge >= 0.3 is 0 Å². The Morgan fingerprint density at radius 1 is 1.23 bits per heavy atom. The van der Waals surface area contributed by atoms with E-state index >= 15 is 0 Å². The van der Waals surface area contributed by atoms with Crippen molar-refractivity contribution in [2.45, 2.75) is 19.9 Å². The molecule has 5 nitrogen and oxygen atoms in total.